The number of ether oxygens (including phenoxy) is 1. The first-order valence-corrected chi connectivity index (χ1v) is 8.22. The molecule has 0 aliphatic carbocycles. The molecule has 1 aromatic rings. The van der Waals surface area contributed by atoms with Crippen LogP contribution < -0.4 is 4.74 Å². The van der Waals surface area contributed by atoms with Crippen molar-refractivity contribution < 1.29 is 9.53 Å². The fraction of sp³-hybridized carbons (Fsp3) is 0.611. The Labute approximate surface area is 134 Å². The maximum Gasteiger partial charge on any atom is 0.227 e. The largest absolute Gasteiger partial charge is 0.496 e. The van der Waals surface area contributed by atoms with Crippen molar-refractivity contribution in [1.82, 2.24) is 9.80 Å². The standard InChI is InChI=1S/C18H28N2O2/c1-5-19-8-10-20(11-9-19)18(21)13-15-6-7-17(22-4)16(12-15)14(2)3/h6-7,12,14H,5,8-11,13H2,1-4H3. The Hall–Kier alpha value is -1.55. The van der Waals surface area contributed by atoms with E-state index < -0.39 is 0 Å². The molecule has 1 amide bonds. The molecule has 2 rings (SSSR count). The highest BCUT2D eigenvalue weighted by molar-refractivity contribution is 5.79. The SMILES string of the molecule is CCN1CCN(C(=O)Cc2ccc(OC)c(C(C)C)c2)CC1. The van der Waals surface area contributed by atoms with Crippen LogP contribution >= 0.6 is 0 Å². The van der Waals surface area contributed by atoms with Crippen LogP contribution in [0.25, 0.3) is 0 Å². The van der Waals surface area contributed by atoms with E-state index in [4.69, 9.17) is 4.74 Å². The minimum absolute atomic E-state index is 0.232. The zero-order valence-electron chi connectivity index (χ0n) is 14.3. The second-order valence-electron chi connectivity index (χ2n) is 6.22. The molecule has 0 atom stereocenters. The van der Waals surface area contributed by atoms with Crippen LogP contribution in [0.4, 0.5) is 0 Å². The monoisotopic (exact) mass is 304 g/mol. The van der Waals surface area contributed by atoms with E-state index in [2.05, 4.69) is 31.7 Å². The van der Waals surface area contributed by atoms with Crippen molar-refractivity contribution in [1.29, 1.82) is 0 Å². The van der Waals surface area contributed by atoms with Gasteiger partial charge in [0.05, 0.1) is 13.5 Å². The van der Waals surface area contributed by atoms with E-state index >= 15 is 0 Å². The zero-order valence-corrected chi connectivity index (χ0v) is 14.3. The predicted molar refractivity (Wildman–Crippen MR) is 89.5 cm³/mol. The minimum atomic E-state index is 0.232. The third-order valence-corrected chi connectivity index (χ3v) is 4.44. The van der Waals surface area contributed by atoms with Gasteiger partial charge < -0.3 is 14.5 Å². The lowest BCUT2D eigenvalue weighted by Crippen LogP contribution is -2.48. The van der Waals surface area contributed by atoms with Gasteiger partial charge in [-0.05, 0) is 29.7 Å². The molecule has 0 spiro atoms. The van der Waals surface area contributed by atoms with Crippen molar-refractivity contribution in [3.8, 4) is 5.75 Å². The first-order valence-electron chi connectivity index (χ1n) is 8.22. The second kappa shape index (κ2) is 7.63. The topological polar surface area (TPSA) is 32.8 Å². The maximum atomic E-state index is 12.5. The van der Waals surface area contributed by atoms with Gasteiger partial charge in [-0.15, -0.1) is 0 Å². The van der Waals surface area contributed by atoms with E-state index in [0.29, 0.717) is 12.3 Å². The number of carbonyl (C=O) groups excluding carboxylic acids is 1. The molecule has 1 aromatic carbocycles. The molecule has 1 heterocycles. The molecule has 4 nitrogen and oxygen atoms in total. The zero-order chi connectivity index (χ0) is 16.1. The highest BCUT2D eigenvalue weighted by atomic mass is 16.5. The molecule has 22 heavy (non-hydrogen) atoms. The number of likely N-dealkylation sites (N-methyl/N-ethyl adjacent to an activating group) is 1. The van der Waals surface area contributed by atoms with Crippen LogP contribution in [-0.4, -0.2) is 55.5 Å². The Balaban J connectivity index is 2.01. The molecule has 0 N–H and O–H groups in total. The van der Waals surface area contributed by atoms with Crippen molar-refractivity contribution in [2.45, 2.75) is 33.1 Å². The molecule has 0 saturated carbocycles. The van der Waals surface area contributed by atoms with Crippen LogP contribution in [0.1, 0.15) is 37.8 Å². The number of carbonyl (C=O) groups is 1. The summed E-state index contributed by atoms with van der Waals surface area (Å²) in [5, 5.41) is 0. The van der Waals surface area contributed by atoms with Gasteiger partial charge in [-0.25, -0.2) is 0 Å². The molecule has 1 aliphatic heterocycles. The summed E-state index contributed by atoms with van der Waals surface area (Å²) >= 11 is 0. The van der Waals surface area contributed by atoms with Crippen molar-refractivity contribution in [2.24, 2.45) is 0 Å². The van der Waals surface area contributed by atoms with E-state index in [1.165, 1.54) is 5.56 Å². The summed E-state index contributed by atoms with van der Waals surface area (Å²) in [6.07, 6.45) is 0.482. The summed E-state index contributed by atoms with van der Waals surface area (Å²) in [4.78, 5) is 16.8. The fourth-order valence-electron chi connectivity index (χ4n) is 2.94. The molecule has 122 valence electrons. The molecule has 0 unspecified atom stereocenters. The van der Waals surface area contributed by atoms with Crippen molar-refractivity contribution >= 4 is 5.91 Å². The fourth-order valence-corrected chi connectivity index (χ4v) is 2.94. The average molecular weight is 304 g/mol. The molecular weight excluding hydrogens is 276 g/mol. The van der Waals surface area contributed by atoms with Gasteiger partial charge in [0.1, 0.15) is 5.75 Å². The number of methoxy groups -OCH3 is 1. The van der Waals surface area contributed by atoms with Gasteiger partial charge in [-0.2, -0.15) is 0 Å². The van der Waals surface area contributed by atoms with E-state index in [1.54, 1.807) is 7.11 Å². The van der Waals surface area contributed by atoms with Crippen LogP contribution in [0.3, 0.4) is 0 Å². The molecule has 4 heteroatoms. The molecule has 1 fully saturated rings. The molecule has 0 aromatic heterocycles. The Morgan fingerprint density at radius 3 is 2.45 bits per heavy atom. The summed E-state index contributed by atoms with van der Waals surface area (Å²) in [6.45, 7) is 11.2. The number of rotatable bonds is 5. The van der Waals surface area contributed by atoms with Crippen LogP contribution in [0.15, 0.2) is 18.2 Å². The normalized spacial score (nSPS) is 16.1. The highest BCUT2D eigenvalue weighted by Gasteiger charge is 2.20. The Morgan fingerprint density at radius 1 is 1.23 bits per heavy atom. The lowest BCUT2D eigenvalue weighted by Gasteiger charge is -2.34. The lowest BCUT2D eigenvalue weighted by molar-refractivity contribution is -0.132. The van der Waals surface area contributed by atoms with Crippen molar-refractivity contribution in [3.05, 3.63) is 29.3 Å². The summed E-state index contributed by atoms with van der Waals surface area (Å²) in [7, 11) is 1.69. The molecular formula is C18H28N2O2. The van der Waals surface area contributed by atoms with Gasteiger partial charge in [0.15, 0.2) is 0 Å². The van der Waals surface area contributed by atoms with Gasteiger partial charge in [0.25, 0.3) is 0 Å². The molecule has 0 bridgehead atoms. The van der Waals surface area contributed by atoms with E-state index in [9.17, 15) is 4.79 Å². The smallest absolute Gasteiger partial charge is 0.227 e. The van der Waals surface area contributed by atoms with Crippen LogP contribution in [0.5, 0.6) is 5.75 Å². The minimum Gasteiger partial charge on any atom is -0.496 e. The first-order chi connectivity index (χ1) is 10.5. The summed E-state index contributed by atoms with van der Waals surface area (Å²) in [5.74, 6) is 1.52. The average Bonchev–Trinajstić information content (AvgIpc) is 2.54. The first kappa shape index (κ1) is 16.8. The number of hydrogen-bond donors (Lipinski definition) is 0. The van der Waals surface area contributed by atoms with Gasteiger partial charge in [0.2, 0.25) is 5.91 Å². The summed E-state index contributed by atoms with van der Waals surface area (Å²) < 4.78 is 5.41. The van der Waals surface area contributed by atoms with Gasteiger partial charge >= 0.3 is 0 Å². The quantitative estimate of drug-likeness (QED) is 0.838. The number of amides is 1. The third-order valence-electron chi connectivity index (χ3n) is 4.44. The molecule has 1 saturated heterocycles. The van der Waals surface area contributed by atoms with E-state index in [-0.39, 0.29) is 5.91 Å². The van der Waals surface area contributed by atoms with E-state index in [1.807, 2.05) is 17.0 Å². The number of hydrogen-bond acceptors (Lipinski definition) is 3. The summed E-state index contributed by atoms with van der Waals surface area (Å²) in [6, 6.07) is 6.10. The Kier molecular flexibility index (Phi) is 5.83. The number of piperazine rings is 1. The lowest BCUT2D eigenvalue weighted by atomic mass is 9.98. The van der Waals surface area contributed by atoms with Gasteiger partial charge in [-0.3, -0.25) is 4.79 Å². The summed E-state index contributed by atoms with van der Waals surface area (Å²) in [5.41, 5.74) is 2.25. The predicted octanol–water partition coefficient (Wildman–Crippen LogP) is 2.53. The van der Waals surface area contributed by atoms with Crippen molar-refractivity contribution in [2.75, 3.05) is 39.8 Å². The number of nitrogens with zero attached hydrogens (tertiary/aromatic N) is 2. The highest BCUT2D eigenvalue weighted by Crippen LogP contribution is 2.27. The molecule has 0 radical (unpaired) electrons. The molecule has 1 aliphatic rings. The van der Waals surface area contributed by atoms with E-state index in [0.717, 1.165) is 44.0 Å². The van der Waals surface area contributed by atoms with Gasteiger partial charge in [-0.1, -0.05) is 32.9 Å². The Bertz CT molecular complexity index is 506. The van der Waals surface area contributed by atoms with Crippen LogP contribution in [-0.2, 0) is 11.2 Å². The van der Waals surface area contributed by atoms with Crippen molar-refractivity contribution in [3.63, 3.8) is 0 Å². The third kappa shape index (κ3) is 4.01. The van der Waals surface area contributed by atoms with Crippen LogP contribution in [0, 0.1) is 0 Å². The second-order valence-corrected chi connectivity index (χ2v) is 6.22. The Morgan fingerprint density at radius 2 is 1.91 bits per heavy atom. The number of benzene rings is 1. The van der Waals surface area contributed by atoms with Crippen LogP contribution in [0.2, 0.25) is 0 Å². The maximum absolute atomic E-state index is 12.5. The van der Waals surface area contributed by atoms with Gasteiger partial charge in [0, 0.05) is 26.2 Å².